The van der Waals surface area contributed by atoms with Crippen LogP contribution in [-0.2, 0) is 24.8 Å². The number of guanidine groups is 1. The van der Waals surface area contributed by atoms with Crippen molar-refractivity contribution in [1.29, 1.82) is 0 Å². The van der Waals surface area contributed by atoms with Crippen molar-refractivity contribution in [3.8, 4) is 5.75 Å². The van der Waals surface area contributed by atoms with Crippen molar-refractivity contribution in [1.82, 2.24) is 25.4 Å². The fourth-order valence-corrected chi connectivity index (χ4v) is 3.41. The monoisotopic (exact) mass is 526 g/mol. The highest BCUT2D eigenvalue weighted by Gasteiger charge is 2.22. The van der Waals surface area contributed by atoms with Gasteiger partial charge in [0, 0.05) is 25.9 Å². The quantitative estimate of drug-likeness (QED) is 0.262. The van der Waals surface area contributed by atoms with Crippen LogP contribution in [0.2, 0.25) is 0 Å². The highest BCUT2D eigenvalue weighted by atomic mass is 127. The largest absolute Gasteiger partial charge is 0.492 e. The molecule has 0 saturated carbocycles. The first kappa shape index (κ1) is 24.4. The lowest BCUT2D eigenvalue weighted by Crippen LogP contribution is -2.47. The number of nitrogens with one attached hydrogen (secondary N) is 2. The van der Waals surface area contributed by atoms with Crippen LogP contribution in [0.3, 0.4) is 0 Å². The van der Waals surface area contributed by atoms with E-state index in [1.165, 1.54) is 5.56 Å². The van der Waals surface area contributed by atoms with E-state index in [9.17, 15) is 0 Å². The summed E-state index contributed by atoms with van der Waals surface area (Å²) < 4.78 is 7.95. The maximum absolute atomic E-state index is 5.92. The average Bonchev–Trinajstić information content (AvgIpc) is 3.12. The van der Waals surface area contributed by atoms with E-state index in [-0.39, 0.29) is 29.4 Å². The second-order valence-electron chi connectivity index (χ2n) is 8.49. The Balaban J connectivity index is 0.00000320. The molecule has 2 N–H and O–H groups in total. The number of ether oxygens (including phenoxy) is 1. The first-order valence-electron chi connectivity index (χ1n) is 10.5. The minimum absolute atomic E-state index is 0. The molecule has 30 heavy (non-hydrogen) atoms. The molecule has 1 aliphatic rings. The molecule has 1 atom stereocenters. The summed E-state index contributed by atoms with van der Waals surface area (Å²) in [6.45, 7) is 10.8. The van der Waals surface area contributed by atoms with Crippen molar-refractivity contribution >= 4 is 29.9 Å². The summed E-state index contributed by atoms with van der Waals surface area (Å²) in [5.41, 5.74) is 1.39. The van der Waals surface area contributed by atoms with E-state index in [4.69, 9.17) is 4.74 Å². The van der Waals surface area contributed by atoms with Crippen LogP contribution in [0.4, 0.5) is 0 Å². The van der Waals surface area contributed by atoms with Gasteiger partial charge in [-0.25, -0.2) is 9.67 Å². The third-order valence-electron chi connectivity index (χ3n) is 5.15. The lowest BCUT2D eigenvalue weighted by atomic mass is 9.87. The number of aliphatic imine (C=N–C) groups is 1. The number of aromatic nitrogens is 3. The Morgan fingerprint density at radius 1 is 1.33 bits per heavy atom. The number of nitrogens with zero attached hydrogens (tertiary/aromatic N) is 4. The van der Waals surface area contributed by atoms with E-state index >= 15 is 0 Å². The molecular weight excluding hydrogens is 491 g/mol. The van der Waals surface area contributed by atoms with Crippen LogP contribution >= 0.6 is 24.0 Å². The van der Waals surface area contributed by atoms with Crippen LogP contribution in [0.1, 0.15) is 51.3 Å². The summed E-state index contributed by atoms with van der Waals surface area (Å²) in [6, 6.07) is 8.62. The molecule has 3 rings (SSSR count). The minimum atomic E-state index is 0. The number of benzene rings is 1. The lowest BCUT2D eigenvalue weighted by Gasteiger charge is -2.25. The van der Waals surface area contributed by atoms with Gasteiger partial charge in [-0.3, -0.25) is 4.99 Å². The Kier molecular flexibility index (Phi) is 8.93. The van der Waals surface area contributed by atoms with Gasteiger partial charge in [-0.2, -0.15) is 5.10 Å². The number of aryl methyl sites for hydroxylation is 2. The van der Waals surface area contributed by atoms with E-state index < -0.39 is 0 Å². The van der Waals surface area contributed by atoms with E-state index in [0.29, 0.717) is 19.2 Å². The maximum Gasteiger partial charge on any atom is 0.191 e. The zero-order valence-corrected chi connectivity index (χ0v) is 21.1. The molecule has 2 heterocycles. The van der Waals surface area contributed by atoms with Crippen molar-refractivity contribution in [2.24, 2.45) is 4.99 Å². The van der Waals surface area contributed by atoms with Crippen molar-refractivity contribution in [2.45, 2.75) is 65.0 Å². The Labute approximate surface area is 197 Å². The van der Waals surface area contributed by atoms with Gasteiger partial charge in [0.2, 0.25) is 0 Å². The van der Waals surface area contributed by atoms with E-state index in [1.54, 1.807) is 7.05 Å². The molecule has 1 unspecified atom stereocenters. The molecule has 0 amide bonds. The van der Waals surface area contributed by atoms with Crippen molar-refractivity contribution < 1.29 is 4.74 Å². The predicted octanol–water partition coefficient (Wildman–Crippen LogP) is 3.31. The fraction of sp³-hybridized carbons (Fsp3) is 0.591. The molecule has 0 bridgehead atoms. The summed E-state index contributed by atoms with van der Waals surface area (Å²) in [6.07, 6.45) is 2.84. The van der Waals surface area contributed by atoms with Gasteiger partial charge in [0.15, 0.2) is 11.8 Å². The minimum Gasteiger partial charge on any atom is -0.492 e. The van der Waals surface area contributed by atoms with Gasteiger partial charge in [-0.15, -0.1) is 24.0 Å². The van der Waals surface area contributed by atoms with Crippen molar-refractivity contribution in [3.63, 3.8) is 0 Å². The predicted molar refractivity (Wildman–Crippen MR) is 132 cm³/mol. The average molecular weight is 526 g/mol. The smallest absolute Gasteiger partial charge is 0.191 e. The molecule has 7 nitrogen and oxygen atoms in total. The van der Waals surface area contributed by atoms with Gasteiger partial charge >= 0.3 is 0 Å². The Morgan fingerprint density at radius 3 is 2.83 bits per heavy atom. The first-order valence-corrected chi connectivity index (χ1v) is 10.5. The fourth-order valence-electron chi connectivity index (χ4n) is 3.41. The van der Waals surface area contributed by atoms with Gasteiger partial charge in [-0.05, 0) is 29.5 Å². The second-order valence-corrected chi connectivity index (χ2v) is 8.49. The molecule has 8 heteroatoms. The Morgan fingerprint density at radius 2 is 2.13 bits per heavy atom. The molecule has 0 radical (unpaired) electrons. The molecule has 0 saturated heterocycles. The molecule has 1 aliphatic heterocycles. The normalized spacial score (nSPS) is 16.4. The van der Waals surface area contributed by atoms with Gasteiger partial charge in [0.25, 0.3) is 0 Å². The second kappa shape index (κ2) is 11.0. The molecule has 0 fully saturated rings. The molecule has 0 spiro atoms. The maximum atomic E-state index is 5.92. The van der Waals surface area contributed by atoms with Gasteiger partial charge in [0.1, 0.15) is 18.2 Å². The number of halogens is 1. The Hall–Kier alpha value is -1.84. The SMILES string of the molecule is CCc1nc2n(n1)CC(NC(=NC)NCCOc1cccc(C(C)(C)C)c1)CC2.I. The standard InChI is InChI=1S/C22H34N6O.HI/c1-6-19-26-20-11-10-17(15-28(20)27-19)25-21(23-5)24-12-13-29-18-9-7-8-16(14-18)22(2,3)4;/h7-9,14,17H,6,10-13,15H2,1-5H3,(H2,23,24,25);1H. The molecule has 166 valence electrons. The zero-order valence-electron chi connectivity index (χ0n) is 18.7. The van der Waals surface area contributed by atoms with Gasteiger partial charge < -0.3 is 15.4 Å². The molecule has 0 aliphatic carbocycles. The van der Waals surface area contributed by atoms with E-state index in [2.05, 4.69) is 71.6 Å². The number of fused-ring (bicyclic) bond motifs is 1. The number of rotatable bonds is 6. The summed E-state index contributed by atoms with van der Waals surface area (Å²) in [7, 11) is 1.79. The van der Waals surface area contributed by atoms with Gasteiger partial charge in [-0.1, -0.05) is 39.8 Å². The van der Waals surface area contributed by atoms with E-state index in [1.807, 2.05) is 10.7 Å². The van der Waals surface area contributed by atoms with Crippen LogP contribution in [-0.4, -0.2) is 47.0 Å². The number of hydrogen-bond donors (Lipinski definition) is 2. The highest BCUT2D eigenvalue weighted by Crippen LogP contribution is 2.25. The van der Waals surface area contributed by atoms with E-state index in [0.717, 1.165) is 49.2 Å². The summed E-state index contributed by atoms with van der Waals surface area (Å²) in [4.78, 5) is 8.92. The van der Waals surface area contributed by atoms with Gasteiger partial charge in [0.05, 0.1) is 13.1 Å². The third kappa shape index (κ3) is 6.58. The van der Waals surface area contributed by atoms with Crippen LogP contribution < -0.4 is 15.4 Å². The molecular formula is C22H35IN6O. The summed E-state index contributed by atoms with van der Waals surface area (Å²) in [5.74, 6) is 3.71. The lowest BCUT2D eigenvalue weighted by molar-refractivity contribution is 0.320. The number of hydrogen-bond acceptors (Lipinski definition) is 4. The first-order chi connectivity index (χ1) is 13.9. The van der Waals surface area contributed by atoms with Crippen molar-refractivity contribution in [3.05, 3.63) is 41.5 Å². The van der Waals surface area contributed by atoms with Crippen LogP contribution in [0.25, 0.3) is 0 Å². The van der Waals surface area contributed by atoms with Crippen LogP contribution in [0.15, 0.2) is 29.3 Å². The highest BCUT2D eigenvalue weighted by molar-refractivity contribution is 14.0. The zero-order chi connectivity index (χ0) is 20.9. The topological polar surface area (TPSA) is 76.4 Å². The third-order valence-corrected chi connectivity index (χ3v) is 5.15. The Bertz CT molecular complexity index is 842. The molecule has 1 aromatic carbocycles. The molecule has 2 aromatic rings. The summed E-state index contributed by atoms with van der Waals surface area (Å²) >= 11 is 0. The molecule has 1 aromatic heterocycles. The summed E-state index contributed by atoms with van der Waals surface area (Å²) in [5, 5.41) is 11.4. The van der Waals surface area contributed by atoms with Crippen molar-refractivity contribution in [2.75, 3.05) is 20.2 Å². The van der Waals surface area contributed by atoms with Crippen LogP contribution in [0.5, 0.6) is 5.75 Å². The van der Waals surface area contributed by atoms with Crippen LogP contribution in [0, 0.1) is 0 Å².